The monoisotopic (exact) mass is 252 g/mol. The molecule has 0 spiro atoms. The molecule has 1 atom stereocenters. The number of halogens is 2. The van der Waals surface area contributed by atoms with Crippen LogP contribution in [0.3, 0.4) is 0 Å². The van der Waals surface area contributed by atoms with E-state index in [0.29, 0.717) is 12.1 Å². The predicted octanol–water partition coefficient (Wildman–Crippen LogP) is 1.21. The second-order valence-electron chi connectivity index (χ2n) is 4.25. The Kier molecular flexibility index (Phi) is 3.66. The van der Waals surface area contributed by atoms with Crippen molar-refractivity contribution in [3.05, 3.63) is 47.3 Å². The Labute approximate surface area is 103 Å². The zero-order valence-electron chi connectivity index (χ0n) is 9.98. The van der Waals surface area contributed by atoms with Crippen LogP contribution < -0.4 is 5.73 Å². The highest BCUT2D eigenvalue weighted by atomic mass is 19.1. The minimum absolute atomic E-state index is 0.0221. The van der Waals surface area contributed by atoms with E-state index >= 15 is 0 Å². The molecule has 0 aliphatic rings. The Balaban J connectivity index is 2.05. The third-order valence-corrected chi connectivity index (χ3v) is 2.65. The van der Waals surface area contributed by atoms with Gasteiger partial charge in [-0.05, 0) is 18.6 Å². The molecule has 0 aliphatic heterocycles. The third-order valence-electron chi connectivity index (χ3n) is 2.65. The largest absolute Gasteiger partial charge is 0.327 e. The molecule has 0 fully saturated rings. The molecule has 0 saturated heterocycles. The summed E-state index contributed by atoms with van der Waals surface area (Å²) in [5, 5.41) is 7.66. The van der Waals surface area contributed by atoms with Gasteiger partial charge in [-0.3, -0.25) is 4.68 Å². The molecule has 0 saturated carbocycles. The van der Waals surface area contributed by atoms with Crippen LogP contribution in [0.5, 0.6) is 0 Å². The van der Waals surface area contributed by atoms with Crippen LogP contribution in [0.15, 0.2) is 24.4 Å². The van der Waals surface area contributed by atoms with Crippen LogP contribution in [0.4, 0.5) is 8.78 Å². The summed E-state index contributed by atoms with van der Waals surface area (Å²) in [6.45, 7) is 0. The molecule has 18 heavy (non-hydrogen) atoms. The topological polar surface area (TPSA) is 56.7 Å². The Morgan fingerprint density at radius 2 is 1.94 bits per heavy atom. The summed E-state index contributed by atoms with van der Waals surface area (Å²) in [7, 11) is 1.75. The van der Waals surface area contributed by atoms with Gasteiger partial charge in [0.25, 0.3) is 0 Å². The number of nitrogens with zero attached hydrogens (tertiary/aromatic N) is 3. The van der Waals surface area contributed by atoms with Crippen LogP contribution >= 0.6 is 0 Å². The summed E-state index contributed by atoms with van der Waals surface area (Å²) in [5.74, 6) is -1.13. The Bertz CT molecular complexity index is 518. The SMILES string of the molecule is Cn1cc(CC(N)Cc2c(F)cccc2F)nn1. The van der Waals surface area contributed by atoms with E-state index < -0.39 is 17.7 Å². The first kappa shape index (κ1) is 12.6. The predicted molar refractivity (Wildman–Crippen MR) is 62.7 cm³/mol. The highest BCUT2D eigenvalue weighted by molar-refractivity contribution is 5.21. The summed E-state index contributed by atoms with van der Waals surface area (Å²) in [6.07, 6.45) is 2.30. The normalized spacial score (nSPS) is 12.7. The van der Waals surface area contributed by atoms with Crippen molar-refractivity contribution < 1.29 is 8.78 Å². The van der Waals surface area contributed by atoms with Gasteiger partial charge in [-0.1, -0.05) is 11.3 Å². The van der Waals surface area contributed by atoms with Crippen molar-refractivity contribution in [3.8, 4) is 0 Å². The first-order valence-corrected chi connectivity index (χ1v) is 5.60. The van der Waals surface area contributed by atoms with E-state index in [4.69, 9.17) is 5.73 Å². The van der Waals surface area contributed by atoms with Gasteiger partial charge in [-0.25, -0.2) is 8.78 Å². The number of rotatable bonds is 4. The van der Waals surface area contributed by atoms with Gasteiger partial charge in [0.1, 0.15) is 11.6 Å². The molecule has 4 nitrogen and oxygen atoms in total. The molecule has 96 valence electrons. The van der Waals surface area contributed by atoms with Crippen molar-refractivity contribution in [1.29, 1.82) is 0 Å². The summed E-state index contributed by atoms with van der Waals surface area (Å²) in [4.78, 5) is 0. The fraction of sp³-hybridized carbons (Fsp3) is 0.333. The highest BCUT2D eigenvalue weighted by Crippen LogP contribution is 2.14. The average molecular weight is 252 g/mol. The van der Waals surface area contributed by atoms with Gasteiger partial charge >= 0.3 is 0 Å². The van der Waals surface area contributed by atoms with Crippen molar-refractivity contribution in [2.45, 2.75) is 18.9 Å². The number of hydrogen-bond acceptors (Lipinski definition) is 3. The van der Waals surface area contributed by atoms with Crippen molar-refractivity contribution in [3.63, 3.8) is 0 Å². The molecular formula is C12H14F2N4. The average Bonchev–Trinajstić information content (AvgIpc) is 2.69. The van der Waals surface area contributed by atoms with Gasteiger partial charge in [0, 0.05) is 31.3 Å². The van der Waals surface area contributed by atoms with E-state index in [9.17, 15) is 8.78 Å². The van der Waals surface area contributed by atoms with Gasteiger partial charge in [0.2, 0.25) is 0 Å². The van der Waals surface area contributed by atoms with Gasteiger partial charge in [0.15, 0.2) is 0 Å². The molecule has 2 aromatic rings. The molecule has 0 amide bonds. The number of aromatic nitrogens is 3. The molecule has 0 radical (unpaired) electrons. The van der Waals surface area contributed by atoms with E-state index in [1.54, 1.807) is 17.9 Å². The lowest BCUT2D eigenvalue weighted by atomic mass is 10.0. The second-order valence-corrected chi connectivity index (χ2v) is 4.25. The number of benzene rings is 1. The van der Waals surface area contributed by atoms with E-state index in [1.807, 2.05) is 0 Å². The summed E-state index contributed by atoms with van der Waals surface area (Å²) >= 11 is 0. The molecule has 2 rings (SSSR count). The first-order valence-electron chi connectivity index (χ1n) is 5.60. The van der Waals surface area contributed by atoms with E-state index in [2.05, 4.69) is 10.3 Å². The van der Waals surface area contributed by atoms with Crippen molar-refractivity contribution in [2.75, 3.05) is 0 Å². The van der Waals surface area contributed by atoms with Crippen LogP contribution in [0.2, 0.25) is 0 Å². The maximum atomic E-state index is 13.4. The standard InChI is InChI=1S/C12H14F2N4/c1-18-7-9(16-17-18)5-8(15)6-10-11(13)3-2-4-12(10)14/h2-4,7-8H,5-6,15H2,1H3. The maximum absolute atomic E-state index is 13.4. The smallest absolute Gasteiger partial charge is 0.129 e. The fourth-order valence-corrected chi connectivity index (χ4v) is 1.82. The lowest BCUT2D eigenvalue weighted by Crippen LogP contribution is -2.26. The summed E-state index contributed by atoms with van der Waals surface area (Å²) in [5.41, 5.74) is 6.61. The van der Waals surface area contributed by atoms with Gasteiger partial charge in [0.05, 0.1) is 5.69 Å². The zero-order valence-corrected chi connectivity index (χ0v) is 9.98. The van der Waals surface area contributed by atoms with Crippen LogP contribution in [0, 0.1) is 11.6 Å². The molecule has 6 heteroatoms. The van der Waals surface area contributed by atoms with Crippen LogP contribution in [-0.2, 0) is 19.9 Å². The minimum atomic E-state index is -0.565. The molecule has 0 aliphatic carbocycles. The molecule has 1 unspecified atom stereocenters. The van der Waals surface area contributed by atoms with Gasteiger partial charge < -0.3 is 5.73 Å². The first-order chi connectivity index (χ1) is 8.56. The molecule has 1 heterocycles. The van der Waals surface area contributed by atoms with Gasteiger partial charge in [-0.15, -0.1) is 5.10 Å². The van der Waals surface area contributed by atoms with Crippen LogP contribution in [0.1, 0.15) is 11.3 Å². The van der Waals surface area contributed by atoms with Crippen molar-refractivity contribution >= 4 is 0 Å². The van der Waals surface area contributed by atoms with Crippen LogP contribution in [0.25, 0.3) is 0 Å². The fourth-order valence-electron chi connectivity index (χ4n) is 1.82. The molecule has 2 N–H and O–H groups in total. The van der Waals surface area contributed by atoms with Crippen molar-refractivity contribution in [2.24, 2.45) is 12.8 Å². The second kappa shape index (κ2) is 5.22. The molecule has 1 aromatic carbocycles. The minimum Gasteiger partial charge on any atom is -0.327 e. The summed E-state index contributed by atoms with van der Waals surface area (Å²) < 4.78 is 28.4. The maximum Gasteiger partial charge on any atom is 0.129 e. The van der Waals surface area contributed by atoms with Gasteiger partial charge in [-0.2, -0.15) is 0 Å². The number of hydrogen-bond donors (Lipinski definition) is 1. The van der Waals surface area contributed by atoms with E-state index in [1.165, 1.54) is 18.2 Å². The Morgan fingerprint density at radius 3 is 2.50 bits per heavy atom. The number of nitrogens with two attached hydrogens (primary N) is 1. The molecule has 1 aromatic heterocycles. The Hall–Kier alpha value is -1.82. The zero-order chi connectivity index (χ0) is 13.1. The quantitative estimate of drug-likeness (QED) is 0.889. The van der Waals surface area contributed by atoms with Crippen molar-refractivity contribution in [1.82, 2.24) is 15.0 Å². The third kappa shape index (κ3) is 2.89. The van der Waals surface area contributed by atoms with E-state index in [0.717, 1.165) is 0 Å². The lowest BCUT2D eigenvalue weighted by Gasteiger charge is -2.11. The van der Waals surface area contributed by atoms with Crippen LogP contribution in [-0.4, -0.2) is 21.0 Å². The molecular weight excluding hydrogens is 238 g/mol. The summed E-state index contributed by atoms with van der Waals surface area (Å²) in [6, 6.07) is 3.40. The Morgan fingerprint density at radius 1 is 1.28 bits per heavy atom. The number of aryl methyl sites for hydroxylation is 1. The lowest BCUT2D eigenvalue weighted by molar-refractivity contribution is 0.532. The highest BCUT2D eigenvalue weighted by Gasteiger charge is 2.14. The van der Waals surface area contributed by atoms with E-state index in [-0.39, 0.29) is 12.0 Å². The molecule has 0 bridgehead atoms.